The first-order valence-corrected chi connectivity index (χ1v) is 7.38. The second-order valence-electron chi connectivity index (χ2n) is 5.66. The van der Waals surface area contributed by atoms with Crippen LogP contribution >= 0.6 is 0 Å². The second kappa shape index (κ2) is 7.09. The zero-order valence-corrected chi connectivity index (χ0v) is 13.3. The Morgan fingerprint density at radius 1 is 1.22 bits per heavy atom. The van der Waals surface area contributed by atoms with Crippen molar-refractivity contribution in [2.24, 2.45) is 5.92 Å². The summed E-state index contributed by atoms with van der Waals surface area (Å²) in [6.45, 7) is 5.36. The molecule has 0 radical (unpaired) electrons. The fourth-order valence-corrected chi connectivity index (χ4v) is 1.88. The highest BCUT2D eigenvalue weighted by Crippen LogP contribution is 2.13. The number of amides is 1. The summed E-state index contributed by atoms with van der Waals surface area (Å²) in [6.07, 6.45) is 0. The average Bonchev–Trinajstić information content (AvgIpc) is 2.51. The van der Waals surface area contributed by atoms with Gasteiger partial charge in [0.15, 0.2) is 6.61 Å². The number of nitrogens with one attached hydrogen (secondary N) is 1. The van der Waals surface area contributed by atoms with Crippen molar-refractivity contribution in [2.75, 3.05) is 6.61 Å². The third kappa shape index (κ3) is 4.18. The number of rotatable bonds is 5. The van der Waals surface area contributed by atoms with Crippen LogP contribution in [-0.4, -0.2) is 24.5 Å². The van der Waals surface area contributed by atoms with E-state index in [9.17, 15) is 14.4 Å². The highest BCUT2D eigenvalue weighted by molar-refractivity contribution is 5.94. The van der Waals surface area contributed by atoms with Gasteiger partial charge >= 0.3 is 11.6 Å². The van der Waals surface area contributed by atoms with E-state index in [-0.39, 0.29) is 17.5 Å². The SMILES string of the molecule is CC(C)[C@@H](C)NC(=O)COC(=O)c1cc2ccccc2oc1=O. The molecule has 23 heavy (non-hydrogen) atoms. The molecule has 6 heteroatoms. The molecule has 1 aromatic carbocycles. The summed E-state index contributed by atoms with van der Waals surface area (Å²) in [6, 6.07) is 8.20. The van der Waals surface area contributed by atoms with Crippen LogP contribution < -0.4 is 10.9 Å². The van der Waals surface area contributed by atoms with E-state index in [1.54, 1.807) is 24.3 Å². The van der Waals surface area contributed by atoms with Gasteiger partial charge in [-0.15, -0.1) is 0 Å². The minimum atomic E-state index is -0.878. The first-order chi connectivity index (χ1) is 10.9. The van der Waals surface area contributed by atoms with Gasteiger partial charge in [-0.2, -0.15) is 0 Å². The van der Waals surface area contributed by atoms with E-state index in [0.29, 0.717) is 11.0 Å². The van der Waals surface area contributed by atoms with Crippen LogP contribution in [-0.2, 0) is 9.53 Å². The number of benzene rings is 1. The number of hydrogen-bond donors (Lipinski definition) is 1. The molecule has 6 nitrogen and oxygen atoms in total. The molecule has 1 N–H and O–H groups in total. The molecule has 0 aliphatic carbocycles. The number of hydrogen-bond acceptors (Lipinski definition) is 5. The van der Waals surface area contributed by atoms with Gasteiger partial charge in [0.05, 0.1) is 0 Å². The molecule has 122 valence electrons. The first kappa shape index (κ1) is 16.7. The molecule has 1 aromatic heterocycles. The first-order valence-electron chi connectivity index (χ1n) is 7.38. The molecule has 1 atom stereocenters. The lowest BCUT2D eigenvalue weighted by molar-refractivity contribution is -0.125. The predicted molar refractivity (Wildman–Crippen MR) is 85.2 cm³/mol. The van der Waals surface area contributed by atoms with Gasteiger partial charge in [-0.05, 0) is 25.0 Å². The highest BCUT2D eigenvalue weighted by Gasteiger charge is 2.17. The van der Waals surface area contributed by atoms with E-state index in [0.717, 1.165) is 0 Å². The third-order valence-corrected chi connectivity index (χ3v) is 3.58. The van der Waals surface area contributed by atoms with E-state index >= 15 is 0 Å². The maximum absolute atomic E-state index is 12.0. The standard InChI is InChI=1S/C17H19NO5/c1-10(2)11(3)18-15(19)9-22-16(20)13-8-12-6-4-5-7-14(12)23-17(13)21/h4-8,10-11H,9H2,1-3H3,(H,18,19)/t11-/m1/s1. The molecule has 2 rings (SSSR count). The molecule has 1 amide bonds. The normalized spacial score (nSPS) is 12.2. The monoisotopic (exact) mass is 317 g/mol. The fourth-order valence-electron chi connectivity index (χ4n) is 1.88. The number of fused-ring (bicyclic) bond motifs is 1. The van der Waals surface area contributed by atoms with E-state index in [1.807, 2.05) is 20.8 Å². The van der Waals surface area contributed by atoms with E-state index < -0.39 is 24.1 Å². The minimum Gasteiger partial charge on any atom is -0.452 e. The van der Waals surface area contributed by atoms with Gasteiger partial charge in [0.25, 0.3) is 5.91 Å². The zero-order chi connectivity index (χ0) is 17.0. The van der Waals surface area contributed by atoms with Gasteiger partial charge in [0, 0.05) is 11.4 Å². The zero-order valence-electron chi connectivity index (χ0n) is 13.3. The second-order valence-corrected chi connectivity index (χ2v) is 5.66. The summed E-state index contributed by atoms with van der Waals surface area (Å²) in [5.74, 6) is -1.02. The van der Waals surface area contributed by atoms with Crippen molar-refractivity contribution in [2.45, 2.75) is 26.8 Å². The Morgan fingerprint density at radius 3 is 2.61 bits per heavy atom. The van der Waals surface area contributed by atoms with Crippen LogP contribution in [0.3, 0.4) is 0 Å². The summed E-state index contributed by atoms with van der Waals surface area (Å²) in [5.41, 5.74) is -0.629. The van der Waals surface area contributed by atoms with Crippen molar-refractivity contribution in [3.05, 3.63) is 46.3 Å². The molecule has 1 heterocycles. The maximum atomic E-state index is 12.0. The maximum Gasteiger partial charge on any atom is 0.351 e. The minimum absolute atomic E-state index is 0.0352. The van der Waals surface area contributed by atoms with Crippen LogP contribution in [0.15, 0.2) is 39.5 Å². The van der Waals surface area contributed by atoms with Crippen molar-refractivity contribution in [3.63, 3.8) is 0 Å². The summed E-state index contributed by atoms with van der Waals surface area (Å²) in [4.78, 5) is 35.5. The number of para-hydroxylation sites is 1. The molecule has 0 spiro atoms. The summed E-state index contributed by atoms with van der Waals surface area (Å²) in [7, 11) is 0. The number of ether oxygens (including phenoxy) is 1. The van der Waals surface area contributed by atoms with Crippen LogP contribution in [0, 0.1) is 5.92 Å². The predicted octanol–water partition coefficient (Wildman–Crippen LogP) is 2.11. The van der Waals surface area contributed by atoms with Gasteiger partial charge in [-0.3, -0.25) is 4.79 Å². The fraction of sp³-hybridized carbons (Fsp3) is 0.353. The van der Waals surface area contributed by atoms with E-state index in [4.69, 9.17) is 9.15 Å². The van der Waals surface area contributed by atoms with Crippen molar-refractivity contribution >= 4 is 22.8 Å². The van der Waals surface area contributed by atoms with E-state index in [1.165, 1.54) is 6.07 Å². The topological polar surface area (TPSA) is 85.6 Å². The molecule has 0 saturated carbocycles. The molecule has 0 fully saturated rings. The summed E-state index contributed by atoms with van der Waals surface area (Å²) in [5, 5.41) is 3.32. The number of carbonyl (C=O) groups is 2. The Morgan fingerprint density at radius 2 is 1.91 bits per heavy atom. The lowest BCUT2D eigenvalue weighted by Gasteiger charge is -2.17. The number of esters is 1. The van der Waals surface area contributed by atoms with Crippen molar-refractivity contribution in [1.82, 2.24) is 5.32 Å². The van der Waals surface area contributed by atoms with Crippen LogP contribution in [0.1, 0.15) is 31.1 Å². The van der Waals surface area contributed by atoms with Gasteiger partial charge in [-0.25, -0.2) is 9.59 Å². The molecular formula is C17H19NO5. The Labute approximate surface area is 133 Å². The van der Waals surface area contributed by atoms with Crippen molar-refractivity contribution < 1.29 is 18.7 Å². The molecule has 0 aliphatic rings. The van der Waals surface area contributed by atoms with Gasteiger partial charge in [0.2, 0.25) is 0 Å². The molecule has 0 bridgehead atoms. The van der Waals surface area contributed by atoms with Gasteiger partial charge < -0.3 is 14.5 Å². The highest BCUT2D eigenvalue weighted by atomic mass is 16.5. The van der Waals surface area contributed by atoms with Crippen molar-refractivity contribution in [1.29, 1.82) is 0 Å². The van der Waals surface area contributed by atoms with Crippen molar-refractivity contribution in [3.8, 4) is 0 Å². The number of carbonyl (C=O) groups excluding carboxylic acids is 2. The quantitative estimate of drug-likeness (QED) is 0.674. The Hall–Kier alpha value is -2.63. The largest absolute Gasteiger partial charge is 0.452 e. The smallest absolute Gasteiger partial charge is 0.351 e. The molecule has 0 saturated heterocycles. The molecule has 0 aliphatic heterocycles. The lowest BCUT2D eigenvalue weighted by atomic mass is 10.1. The van der Waals surface area contributed by atoms with E-state index in [2.05, 4.69) is 5.32 Å². The Balaban J connectivity index is 2.05. The molecule has 2 aromatic rings. The van der Waals surface area contributed by atoms with Gasteiger partial charge in [-0.1, -0.05) is 32.0 Å². The van der Waals surface area contributed by atoms with Gasteiger partial charge in [0.1, 0.15) is 11.1 Å². The Kier molecular flexibility index (Phi) is 5.16. The molecule has 0 unspecified atom stereocenters. The Bertz CT molecular complexity index is 778. The average molecular weight is 317 g/mol. The van der Waals surface area contributed by atoms with Crippen LogP contribution in [0.4, 0.5) is 0 Å². The molecular weight excluding hydrogens is 298 g/mol. The summed E-state index contributed by atoms with van der Waals surface area (Å²) < 4.78 is 9.95. The lowest BCUT2D eigenvalue weighted by Crippen LogP contribution is -2.38. The van der Waals surface area contributed by atoms with Crippen LogP contribution in [0.5, 0.6) is 0 Å². The van der Waals surface area contributed by atoms with Crippen LogP contribution in [0.25, 0.3) is 11.0 Å². The van der Waals surface area contributed by atoms with Crippen LogP contribution in [0.2, 0.25) is 0 Å². The third-order valence-electron chi connectivity index (χ3n) is 3.58. The summed E-state index contributed by atoms with van der Waals surface area (Å²) >= 11 is 0.